The van der Waals surface area contributed by atoms with Gasteiger partial charge in [-0.05, 0) is 23.1 Å². The lowest BCUT2D eigenvalue weighted by molar-refractivity contribution is -0.137. The summed E-state index contributed by atoms with van der Waals surface area (Å²) in [6.45, 7) is 5.29. The van der Waals surface area contributed by atoms with Gasteiger partial charge in [-0.25, -0.2) is 0 Å². The Morgan fingerprint density at radius 1 is 1.20 bits per heavy atom. The lowest BCUT2D eigenvalue weighted by Gasteiger charge is -2.31. The minimum atomic E-state index is -4.54. The van der Waals surface area contributed by atoms with Crippen molar-refractivity contribution in [2.24, 2.45) is 11.1 Å². The van der Waals surface area contributed by atoms with E-state index in [1.54, 1.807) is 20.8 Å². The number of halogens is 5. The van der Waals surface area contributed by atoms with Gasteiger partial charge in [0.05, 0.1) is 22.7 Å². The molecule has 0 amide bonds. The third-order valence-electron chi connectivity index (χ3n) is 2.91. The highest BCUT2D eigenvalue weighted by atomic mass is 35.5. The highest BCUT2D eigenvalue weighted by Crippen LogP contribution is 2.37. The molecule has 0 aliphatic carbocycles. The second kappa shape index (κ2) is 6.52. The quantitative estimate of drug-likeness (QED) is 0.853. The largest absolute Gasteiger partial charge is 0.417 e. The van der Waals surface area contributed by atoms with E-state index in [2.05, 4.69) is 0 Å². The van der Waals surface area contributed by atoms with Gasteiger partial charge in [-0.2, -0.15) is 13.2 Å². The van der Waals surface area contributed by atoms with Crippen molar-refractivity contribution < 1.29 is 18.3 Å². The molecule has 7 heteroatoms. The van der Waals surface area contributed by atoms with Crippen molar-refractivity contribution in [3.05, 3.63) is 34.3 Å². The first kappa shape index (κ1) is 19.5. The van der Waals surface area contributed by atoms with Crippen LogP contribution in [0.1, 0.15) is 37.9 Å². The fourth-order valence-corrected chi connectivity index (χ4v) is 1.91. The molecule has 0 heterocycles. The highest BCUT2D eigenvalue weighted by molar-refractivity contribution is 6.31. The van der Waals surface area contributed by atoms with Crippen LogP contribution in [0.15, 0.2) is 18.2 Å². The Kier molecular flexibility index (Phi) is 6.36. The van der Waals surface area contributed by atoms with Crippen LogP contribution in [-0.4, -0.2) is 11.2 Å². The average Bonchev–Trinajstić information content (AvgIpc) is 2.25. The first-order valence-corrected chi connectivity index (χ1v) is 6.12. The van der Waals surface area contributed by atoms with E-state index in [9.17, 15) is 18.3 Å². The van der Waals surface area contributed by atoms with E-state index in [-0.39, 0.29) is 23.0 Å². The average molecular weight is 332 g/mol. The Labute approximate surface area is 127 Å². The van der Waals surface area contributed by atoms with Gasteiger partial charge in [0.15, 0.2) is 0 Å². The van der Waals surface area contributed by atoms with Gasteiger partial charge in [-0.3, -0.25) is 0 Å². The fourth-order valence-electron chi connectivity index (χ4n) is 1.69. The summed E-state index contributed by atoms with van der Waals surface area (Å²) >= 11 is 5.53. The van der Waals surface area contributed by atoms with Gasteiger partial charge in [0, 0.05) is 0 Å². The monoisotopic (exact) mass is 331 g/mol. The summed E-state index contributed by atoms with van der Waals surface area (Å²) in [6.07, 6.45) is -5.51. The van der Waals surface area contributed by atoms with Crippen LogP contribution in [0.3, 0.4) is 0 Å². The third kappa shape index (κ3) is 4.52. The predicted octanol–water partition coefficient (Wildman–Crippen LogP) is 4.19. The predicted molar refractivity (Wildman–Crippen MR) is 76.1 cm³/mol. The van der Waals surface area contributed by atoms with Crippen LogP contribution < -0.4 is 5.73 Å². The number of hydrogen-bond acceptors (Lipinski definition) is 2. The molecule has 2 nitrogen and oxygen atoms in total. The molecule has 2 atom stereocenters. The van der Waals surface area contributed by atoms with Crippen LogP contribution in [0.2, 0.25) is 5.02 Å². The molecule has 0 bridgehead atoms. The molecule has 1 rings (SSSR count). The van der Waals surface area contributed by atoms with Crippen LogP contribution >= 0.6 is 24.0 Å². The van der Waals surface area contributed by atoms with Gasteiger partial charge < -0.3 is 10.8 Å². The second-order valence-corrected chi connectivity index (χ2v) is 5.98. The highest BCUT2D eigenvalue weighted by Gasteiger charge is 2.35. The Morgan fingerprint density at radius 2 is 1.70 bits per heavy atom. The van der Waals surface area contributed by atoms with E-state index < -0.39 is 29.3 Å². The zero-order chi connectivity index (χ0) is 15.0. The first-order valence-electron chi connectivity index (χ1n) is 5.75. The van der Waals surface area contributed by atoms with Crippen molar-refractivity contribution in [1.82, 2.24) is 0 Å². The smallest absolute Gasteiger partial charge is 0.391 e. The van der Waals surface area contributed by atoms with Gasteiger partial charge in [0.2, 0.25) is 0 Å². The van der Waals surface area contributed by atoms with E-state index in [0.29, 0.717) is 0 Å². The molecule has 0 unspecified atom stereocenters. The maximum absolute atomic E-state index is 12.7. The summed E-state index contributed by atoms with van der Waals surface area (Å²) in [5.74, 6) is 0. The molecule has 116 valence electrons. The zero-order valence-electron chi connectivity index (χ0n) is 11.3. The standard InChI is InChI=1S/C13H17ClF3NO.ClH/c1-12(2,3)11(19)10(18)7-4-5-9(14)8(6-7)13(15,16)17;/h4-6,10-11,19H,18H2,1-3H3;1H/t10-,11-;/m0./s1. The van der Waals surface area contributed by atoms with Gasteiger partial charge >= 0.3 is 6.18 Å². The molecular formula is C13H18Cl2F3NO. The zero-order valence-corrected chi connectivity index (χ0v) is 12.9. The van der Waals surface area contributed by atoms with Crippen molar-refractivity contribution in [3.63, 3.8) is 0 Å². The maximum Gasteiger partial charge on any atom is 0.417 e. The summed E-state index contributed by atoms with van der Waals surface area (Å²) in [6, 6.07) is 2.53. The van der Waals surface area contributed by atoms with Crippen LogP contribution in [0, 0.1) is 5.41 Å². The molecule has 0 radical (unpaired) electrons. The summed E-state index contributed by atoms with van der Waals surface area (Å²) in [5, 5.41) is 9.65. The molecule has 0 spiro atoms. The number of alkyl halides is 3. The van der Waals surface area contributed by atoms with Crippen molar-refractivity contribution >= 4 is 24.0 Å². The molecule has 20 heavy (non-hydrogen) atoms. The van der Waals surface area contributed by atoms with Crippen molar-refractivity contribution in [3.8, 4) is 0 Å². The molecule has 0 aromatic heterocycles. The lowest BCUT2D eigenvalue weighted by Crippen LogP contribution is -2.37. The SMILES string of the molecule is CC(C)(C)[C@@H](O)[C@@H](N)c1ccc(Cl)c(C(F)(F)F)c1.Cl. The Bertz CT molecular complexity index is 458. The van der Waals surface area contributed by atoms with Crippen molar-refractivity contribution in [1.29, 1.82) is 0 Å². The number of aliphatic hydroxyl groups is 1. The van der Waals surface area contributed by atoms with Gasteiger partial charge in [-0.1, -0.05) is 38.4 Å². The normalized spacial score (nSPS) is 15.4. The van der Waals surface area contributed by atoms with Crippen LogP contribution in [0.5, 0.6) is 0 Å². The van der Waals surface area contributed by atoms with Crippen LogP contribution in [0.4, 0.5) is 13.2 Å². The summed E-state index contributed by atoms with van der Waals surface area (Å²) in [5.41, 5.74) is 4.56. The number of aliphatic hydroxyl groups excluding tert-OH is 1. The number of hydrogen-bond donors (Lipinski definition) is 2. The lowest BCUT2D eigenvalue weighted by atomic mass is 9.82. The van der Waals surface area contributed by atoms with E-state index >= 15 is 0 Å². The van der Waals surface area contributed by atoms with Gasteiger partial charge in [0.1, 0.15) is 0 Å². The molecule has 0 fully saturated rings. The summed E-state index contributed by atoms with van der Waals surface area (Å²) < 4.78 is 38.2. The third-order valence-corrected chi connectivity index (χ3v) is 3.24. The summed E-state index contributed by atoms with van der Waals surface area (Å²) in [7, 11) is 0. The molecule has 1 aromatic rings. The molecule has 0 aliphatic rings. The molecular weight excluding hydrogens is 314 g/mol. The Morgan fingerprint density at radius 3 is 2.10 bits per heavy atom. The molecule has 0 aliphatic heterocycles. The van der Waals surface area contributed by atoms with E-state index in [0.717, 1.165) is 12.1 Å². The fraction of sp³-hybridized carbons (Fsp3) is 0.538. The molecule has 0 saturated carbocycles. The molecule has 1 aromatic carbocycles. The topological polar surface area (TPSA) is 46.2 Å². The minimum absolute atomic E-state index is 0. The number of nitrogens with two attached hydrogens (primary N) is 1. The molecule has 3 N–H and O–H groups in total. The van der Waals surface area contributed by atoms with Crippen molar-refractivity contribution in [2.75, 3.05) is 0 Å². The minimum Gasteiger partial charge on any atom is -0.391 e. The van der Waals surface area contributed by atoms with Crippen LogP contribution in [-0.2, 0) is 6.18 Å². The van der Waals surface area contributed by atoms with E-state index in [4.69, 9.17) is 17.3 Å². The maximum atomic E-state index is 12.7. The first-order chi connectivity index (χ1) is 8.44. The van der Waals surface area contributed by atoms with E-state index in [1.807, 2.05) is 0 Å². The Hall–Kier alpha value is -0.490. The molecule has 0 saturated heterocycles. The Balaban J connectivity index is 0.00000361. The van der Waals surface area contributed by atoms with E-state index in [1.165, 1.54) is 6.07 Å². The van der Waals surface area contributed by atoms with Gasteiger partial charge in [0.25, 0.3) is 0 Å². The van der Waals surface area contributed by atoms with Crippen molar-refractivity contribution in [2.45, 2.75) is 39.1 Å². The summed E-state index contributed by atoms with van der Waals surface area (Å²) in [4.78, 5) is 0. The van der Waals surface area contributed by atoms with Crippen LogP contribution in [0.25, 0.3) is 0 Å². The van der Waals surface area contributed by atoms with Gasteiger partial charge in [-0.15, -0.1) is 12.4 Å². The second-order valence-electron chi connectivity index (χ2n) is 5.57. The number of benzene rings is 1. The number of rotatable bonds is 2.